The van der Waals surface area contributed by atoms with E-state index in [-0.39, 0.29) is 16.6 Å². The molecule has 5 aliphatic rings. The van der Waals surface area contributed by atoms with E-state index in [0.29, 0.717) is 18.3 Å². The number of allylic oxidation sites excluding steroid dienone is 4. The predicted molar refractivity (Wildman–Crippen MR) is 123 cm³/mol. The number of Topliss-reactive ketones (excluding diaryl/α,β-unsaturated/α-hetero) is 1. The molecule has 0 aromatic carbocycles. The fourth-order valence-electron chi connectivity index (χ4n) is 8.66. The maximum absolute atomic E-state index is 13.4. The maximum Gasteiger partial charge on any atom is 0.309 e. The first-order valence-corrected chi connectivity index (χ1v) is 12.6. The molecule has 0 spiro atoms. The quantitative estimate of drug-likeness (QED) is 0.569. The molecule has 178 valence electrons. The first kappa shape index (κ1) is 22.7. The summed E-state index contributed by atoms with van der Waals surface area (Å²) >= 11 is 0. The molecule has 0 aliphatic heterocycles. The topological polar surface area (TPSA) is 88.5 Å². The monoisotopic (exact) mass is 452 g/mol. The van der Waals surface area contributed by atoms with Gasteiger partial charge in [0, 0.05) is 11.3 Å². The number of hydrogen-bond donors (Lipinski definition) is 1. The molecular weight excluding hydrogens is 416 g/mol. The van der Waals surface area contributed by atoms with E-state index in [1.165, 1.54) is 6.08 Å². The Hall–Kier alpha value is -2.04. The average molecular weight is 453 g/mol. The summed E-state index contributed by atoms with van der Waals surface area (Å²) in [6.45, 7) is 10.4. The summed E-state index contributed by atoms with van der Waals surface area (Å²) in [6, 6.07) is 0. The van der Waals surface area contributed by atoms with Crippen LogP contribution in [-0.4, -0.2) is 28.4 Å². The van der Waals surface area contributed by atoms with Crippen molar-refractivity contribution >= 4 is 23.3 Å². The van der Waals surface area contributed by atoms with Crippen LogP contribution >= 0.6 is 0 Å². The van der Waals surface area contributed by atoms with Crippen molar-refractivity contribution in [3.63, 3.8) is 0 Å². The standard InChI is InChI=1S/C28H36O5/c1-15-22-17(12-20(30)23(15)31)27(4)7-6-16-18-14-26(3,24(32)33)9-8-25(18,2)10-11-28(16,5)21(27)13-19(22)29/h12-13,15-16,18,22H,6-11,14H2,1-5H3,(H,32,33)/t15-,16+,18+,22?,25-,26-,27+,28+/m1/s1. The molecule has 1 unspecified atom stereocenters. The average Bonchev–Trinajstić information content (AvgIpc) is 2.74. The minimum absolute atomic E-state index is 0.0451. The zero-order valence-electron chi connectivity index (χ0n) is 20.5. The molecule has 5 nitrogen and oxygen atoms in total. The highest BCUT2D eigenvalue weighted by atomic mass is 16.4. The zero-order chi connectivity index (χ0) is 24.1. The third-order valence-corrected chi connectivity index (χ3v) is 11.0. The summed E-state index contributed by atoms with van der Waals surface area (Å²) in [5, 5.41) is 9.97. The second-order valence-corrected chi connectivity index (χ2v) is 12.8. The van der Waals surface area contributed by atoms with Gasteiger partial charge in [0.25, 0.3) is 0 Å². The third-order valence-electron chi connectivity index (χ3n) is 11.0. The molecule has 0 heterocycles. The molecule has 8 atom stereocenters. The summed E-state index contributed by atoms with van der Waals surface area (Å²) in [5.74, 6) is -2.19. The molecule has 0 saturated heterocycles. The van der Waals surface area contributed by atoms with Gasteiger partial charge in [0.2, 0.25) is 11.6 Å². The largest absolute Gasteiger partial charge is 0.481 e. The molecule has 0 radical (unpaired) electrons. The molecule has 33 heavy (non-hydrogen) atoms. The van der Waals surface area contributed by atoms with Gasteiger partial charge in [0.15, 0.2) is 5.78 Å². The lowest BCUT2D eigenvalue weighted by atomic mass is 9.39. The van der Waals surface area contributed by atoms with Gasteiger partial charge in [-0.3, -0.25) is 19.2 Å². The number of carboxylic acid groups (broad SMARTS) is 1. The number of hydrogen-bond acceptors (Lipinski definition) is 4. The SMILES string of the molecule is C[C@H]1C(=O)C(=O)C=C2C1C(=O)C=C1[C@@]2(C)CC[C@H]2[C@@H]3C[C@](C)(C(=O)O)CC[C@]3(C)CC[C@]12C. The van der Waals surface area contributed by atoms with Gasteiger partial charge in [-0.1, -0.05) is 33.3 Å². The van der Waals surface area contributed by atoms with Crippen LogP contribution in [0, 0.1) is 45.3 Å². The Balaban J connectivity index is 1.60. The lowest BCUT2D eigenvalue weighted by Gasteiger charge is -2.65. The van der Waals surface area contributed by atoms with E-state index < -0.39 is 40.2 Å². The van der Waals surface area contributed by atoms with Crippen LogP contribution in [0.5, 0.6) is 0 Å². The number of carbonyl (C=O) groups is 4. The smallest absolute Gasteiger partial charge is 0.309 e. The zero-order valence-corrected chi connectivity index (χ0v) is 20.5. The Bertz CT molecular complexity index is 1050. The van der Waals surface area contributed by atoms with Gasteiger partial charge in [-0.15, -0.1) is 0 Å². The van der Waals surface area contributed by atoms with Crippen LogP contribution in [0.1, 0.15) is 79.6 Å². The molecule has 0 bridgehead atoms. The molecule has 1 N–H and O–H groups in total. The summed E-state index contributed by atoms with van der Waals surface area (Å²) in [6.07, 6.45) is 9.44. The minimum Gasteiger partial charge on any atom is -0.481 e. The molecule has 0 aromatic heterocycles. The molecule has 3 saturated carbocycles. The van der Waals surface area contributed by atoms with Crippen molar-refractivity contribution in [2.45, 2.75) is 79.6 Å². The van der Waals surface area contributed by atoms with E-state index in [4.69, 9.17) is 0 Å². The summed E-state index contributed by atoms with van der Waals surface area (Å²) in [7, 11) is 0. The van der Waals surface area contributed by atoms with Crippen LogP contribution in [0.2, 0.25) is 0 Å². The van der Waals surface area contributed by atoms with Gasteiger partial charge in [-0.25, -0.2) is 0 Å². The van der Waals surface area contributed by atoms with Crippen molar-refractivity contribution in [1.82, 2.24) is 0 Å². The van der Waals surface area contributed by atoms with Crippen molar-refractivity contribution in [2.24, 2.45) is 45.3 Å². The minimum atomic E-state index is -0.697. The Kier molecular flexibility index (Phi) is 4.66. The number of fused-ring (bicyclic) bond motifs is 7. The predicted octanol–water partition coefficient (Wildman–Crippen LogP) is 4.94. The number of ketones is 3. The van der Waals surface area contributed by atoms with E-state index in [1.54, 1.807) is 6.92 Å². The van der Waals surface area contributed by atoms with Crippen molar-refractivity contribution in [2.75, 3.05) is 0 Å². The Morgan fingerprint density at radius 2 is 1.61 bits per heavy atom. The Morgan fingerprint density at radius 1 is 0.939 bits per heavy atom. The molecule has 0 aromatic rings. The molecular formula is C28H36O5. The van der Waals surface area contributed by atoms with E-state index in [1.807, 2.05) is 13.0 Å². The van der Waals surface area contributed by atoms with Gasteiger partial charge in [-0.05, 0) is 92.3 Å². The van der Waals surface area contributed by atoms with Crippen LogP contribution in [0.25, 0.3) is 0 Å². The lowest BCUT2D eigenvalue weighted by molar-refractivity contribution is -0.161. The fourth-order valence-corrected chi connectivity index (χ4v) is 8.66. The first-order chi connectivity index (χ1) is 15.3. The molecule has 5 aliphatic carbocycles. The van der Waals surface area contributed by atoms with Crippen LogP contribution < -0.4 is 0 Å². The van der Waals surface area contributed by atoms with E-state index in [0.717, 1.165) is 49.7 Å². The van der Waals surface area contributed by atoms with Crippen LogP contribution in [0.15, 0.2) is 23.3 Å². The molecule has 0 amide bonds. The number of aliphatic carboxylic acids is 1. The van der Waals surface area contributed by atoms with Crippen molar-refractivity contribution < 1.29 is 24.3 Å². The molecule has 5 rings (SSSR count). The van der Waals surface area contributed by atoms with Gasteiger partial charge < -0.3 is 5.11 Å². The van der Waals surface area contributed by atoms with E-state index in [2.05, 4.69) is 20.8 Å². The fraction of sp³-hybridized carbons (Fsp3) is 0.714. The van der Waals surface area contributed by atoms with Gasteiger partial charge in [0.05, 0.1) is 11.3 Å². The Morgan fingerprint density at radius 3 is 2.27 bits per heavy atom. The van der Waals surface area contributed by atoms with Crippen LogP contribution in [0.3, 0.4) is 0 Å². The van der Waals surface area contributed by atoms with Crippen LogP contribution in [0.4, 0.5) is 0 Å². The summed E-state index contributed by atoms with van der Waals surface area (Å²) < 4.78 is 0. The second kappa shape index (κ2) is 6.76. The lowest BCUT2D eigenvalue weighted by Crippen LogP contribution is -2.58. The molecule has 3 fully saturated rings. The normalized spacial score (nSPS) is 49.2. The van der Waals surface area contributed by atoms with E-state index >= 15 is 0 Å². The first-order valence-electron chi connectivity index (χ1n) is 12.6. The van der Waals surface area contributed by atoms with E-state index in [9.17, 15) is 24.3 Å². The summed E-state index contributed by atoms with van der Waals surface area (Å²) in [5.41, 5.74) is 0.803. The highest BCUT2D eigenvalue weighted by Gasteiger charge is 2.63. The maximum atomic E-state index is 13.4. The second-order valence-electron chi connectivity index (χ2n) is 12.8. The van der Waals surface area contributed by atoms with Crippen molar-refractivity contribution in [3.8, 4) is 0 Å². The van der Waals surface area contributed by atoms with Crippen LogP contribution in [-0.2, 0) is 19.2 Å². The number of carbonyl (C=O) groups excluding carboxylic acids is 3. The number of carboxylic acids is 1. The third kappa shape index (κ3) is 2.83. The summed E-state index contributed by atoms with van der Waals surface area (Å²) in [4.78, 5) is 50.4. The highest BCUT2D eigenvalue weighted by Crippen LogP contribution is 2.70. The van der Waals surface area contributed by atoms with Gasteiger partial charge >= 0.3 is 5.97 Å². The molecule has 5 heteroatoms. The highest BCUT2D eigenvalue weighted by molar-refractivity contribution is 6.44. The number of rotatable bonds is 1. The van der Waals surface area contributed by atoms with Gasteiger partial charge in [-0.2, -0.15) is 0 Å². The van der Waals surface area contributed by atoms with Crippen molar-refractivity contribution in [3.05, 3.63) is 23.3 Å². The van der Waals surface area contributed by atoms with Crippen molar-refractivity contribution in [1.29, 1.82) is 0 Å². The van der Waals surface area contributed by atoms with Gasteiger partial charge in [0.1, 0.15) is 0 Å². The Labute approximate surface area is 196 Å².